The summed E-state index contributed by atoms with van der Waals surface area (Å²) in [5.74, 6) is -0.876. The van der Waals surface area contributed by atoms with E-state index in [-0.39, 0.29) is 11.4 Å². The van der Waals surface area contributed by atoms with Crippen LogP contribution in [0, 0.1) is 5.82 Å². The maximum Gasteiger partial charge on any atom is 0.283 e. The molecule has 0 unspecified atom stereocenters. The van der Waals surface area contributed by atoms with E-state index >= 15 is 0 Å². The average Bonchev–Trinajstić information content (AvgIpc) is 2.87. The monoisotopic (exact) mass is 380 g/mol. The second-order valence-corrected chi connectivity index (χ2v) is 6.48. The zero-order valence-corrected chi connectivity index (χ0v) is 14.8. The van der Waals surface area contributed by atoms with Crippen LogP contribution in [0.25, 0.3) is 6.08 Å². The smallest absolute Gasteiger partial charge is 0.266 e. The molecule has 1 aliphatic rings. The van der Waals surface area contributed by atoms with E-state index in [1.165, 1.54) is 22.7 Å². The molecule has 3 rings (SSSR count). The fourth-order valence-corrected chi connectivity index (χ4v) is 3.10. The van der Waals surface area contributed by atoms with E-state index in [4.69, 9.17) is 23.2 Å². The molecular formula is C17H11Cl2FN2OS. The van der Waals surface area contributed by atoms with Crippen molar-refractivity contribution < 1.29 is 9.18 Å². The zero-order chi connectivity index (χ0) is 17.3. The lowest BCUT2D eigenvalue weighted by atomic mass is 10.2. The molecule has 0 radical (unpaired) electrons. The van der Waals surface area contributed by atoms with E-state index in [0.717, 1.165) is 0 Å². The van der Waals surface area contributed by atoms with Gasteiger partial charge in [0.15, 0.2) is 5.17 Å². The second-order valence-electron chi connectivity index (χ2n) is 4.89. The molecule has 0 atom stereocenters. The van der Waals surface area contributed by atoms with Crippen molar-refractivity contribution in [1.82, 2.24) is 0 Å². The van der Waals surface area contributed by atoms with Gasteiger partial charge in [0, 0.05) is 0 Å². The van der Waals surface area contributed by atoms with Crippen LogP contribution in [0.5, 0.6) is 0 Å². The third-order valence-electron chi connectivity index (χ3n) is 3.35. The number of benzene rings is 2. The summed E-state index contributed by atoms with van der Waals surface area (Å²) < 4.78 is 14.1. The zero-order valence-electron chi connectivity index (χ0n) is 12.5. The van der Waals surface area contributed by atoms with Crippen LogP contribution in [0.4, 0.5) is 10.1 Å². The Balaban J connectivity index is 2.01. The van der Waals surface area contributed by atoms with Crippen LogP contribution in [0.2, 0.25) is 10.0 Å². The summed E-state index contributed by atoms with van der Waals surface area (Å²) in [4.78, 5) is 18.3. The Morgan fingerprint density at radius 3 is 2.58 bits per heavy atom. The van der Waals surface area contributed by atoms with Crippen LogP contribution < -0.4 is 4.90 Å². The van der Waals surface area contributed by atoms with Crippen molar-refractivity contribution in [3.63, 3.8) is 0 Å². The molecule has 1 amide bonds. The number of nitrogens with zero attached hydrogens (tertiary/aromatic N) is 2. The first-order valence-electron chi connectivity index (χ1n) is 6.89. The van der Waals surface area contributed by atoms with Gasteiger partial charge in [0.1, 0.15) is 11.5 Å². The maximum absolute atomic E-state index is 14.1. The number of aliphatic imine (C=N–C) groups is 1. The van der Waals surface area contributed by atoms with Crippen LogP contribution in [-0.2, 0) is 4.79 Å². The van der Waals surface area contributed by atoms with E-state index in [0.29, 0.717) is 20.8 Å². The molecule has 0 saturated carbocycles. The highest BCUT2D eigenvalue weighted by molar-refractivity contribution is 8.13. The number of para-hydroxylation sites is 1. The van der Waals surface area contributed by atoms with Gasteiger partial charge in [-0.3, -0.25) is 9.69 Å². The third kappa shape index (κ3) is 3.20. The molecule has 2 aromatic rings. The molecule has 0 spiro atoms. The minimum absolute atomic E-state index is 0.174. The minimum Gasteiger partial charge on any atom is -0.266 e. The fourth-order valence-electron chi connectivity index (χ4n) is 2.24. The lowest BCUT2D eigenvalue weighted by Crippen LogP contribution is -2.30. The van der Waals surface area contributed by atoms with Crippen molar-refractivity contribution in [1.29, 1.82) is 0 Å². The summed E-state index contributed by atoms with van der Waals surface area (Å²) in [5.41, 5.74) is 1.07. The number of amides is 1. The van der Waals surface area contributed by atoms with E-state index in [1.807, 2.05) is 0 Å². The highest BCUT2D eigenvalue weighted by Crippen LogP contribution is 2.31. The van der Waals surface area contributed by atoms with Gasteiger partial charge in [-0.05, 0) is 42.2 Å². The number of halogens is 3. The Morgan fingerprint density at radius 1 is 1.17 bits per heavy atom. The van der Waals surface area contributed by atoms with E-state index < -0.39 is 11.7 Å². The Morgan fingerprint density at radius 2 is 1.92 bits per heavy atom. The molecule has 0 N–H and O–H groups in total. The van der Waals surface area contributed by atoms with Crippen molar-refractivity contribution in [2.75, 3.05) is 11.2 Å². The summed E-state index contributed by atoms with van der Waals surface area (Å²) in [5, 5.41) is 1.23. The molecule has 0 bridgehead atoms. The van der Waals surface area contributed by atoms with Crippen LogP contribution >= 0.6 is 35.0 Å². The molecule has 122 valence electrons. The van der Waals surface area contributed by atoms with E-state index in [1.54, 1.807) is 48.7 Å². The van der Waals surface area contributed by atoms with Gasteiger partial charge in [0.2, 0.25) is 0 Å². The van der Waals surface area contributed by atoms with Crippen molar-refractivity contribution in [2.24, 2.45) is 4.99 Å². The normalized spacial score (nSPS) is 16.0. The van der Waals surface area contributed by atoms with Gasteiger partial charge in [0.25, 0.3) is 5.91 Å². The first kappa shape index (κ1) is 17.0. The van der Waals surface area contributed by atoms with Gasteiger partial charge in [-0.2, -0.15) is 0 Å². The Bertz CT molecular complexity index is 883. The molecule has 2 aromatic carbocycles. The molecule has 1 aliphatic heterocycles. The number of thioether (sulfide) groups is 1. The molecule has 3 nitrogen and oxygen atoms in total. The van der Waals surface area contributed by atoms with Crippen LogP contribution in [-0.4, -0.2) is 17.3 Å². The number of carbonyl (C=O) groups is 1. The number of amidine groups is 1. The minimum atomic E-state index is -0.483. The van der Waals surface area contributed by atoms with E-state index in [9.17, 15) is 9.18 Å². The third-order valence-corrected chi connectivity index (χ3v) is 4.73. The largest absolute Gasteiger partial charge is 0.283 e. The van der Waals surface area contributed by atoms with Crippen molar-refractivity contribution in [3.8, 4) is 0 Å². The van der Waals surface area contributed by atoms with Crippen molar-refractivity contribution in [2.45, 2.75) is 0 Å². The van der Waals surface area contributed by atoms with Gasteiger partial charge in [-0.15, -0.1) is 0 Å². The van der Waals surface area contributed by atoms with Gasteiger partial charge in [-0.25, -0.2) is 9.38 Å². The predicted molar refractivity (Wildman–Crippen MR) is 99.3 cm³/mol. The van der Waals surface area contributed by atoms with Gasteiger partial charge < -0.3 is 0 Å². The van der Waals surface area contributed by atoms with Gasteiger partial charge in [0.05, 0.1) is 15.7 Å². The Kier molecular flexibility index (Phi) is 4.94. The Labute approximate surface area is 152 Å². The summed E-state index contributed by atoms with van der Waals surface area (Å²) >= 11 is 13.2. The summed E-state index contributed by atoms with van der Waals surface area (Å²) in [6.07, 6.45) is 3.38. The van der Waals surface area contributed by atoms with Gasteiger partial charge in [-0.1, -0.05) is 53.2 Å². The molecule has 0 saturated heterocycles. The summed E-state index contributed by atoms with van der Waals surface area (Å²) in [6, 6.07) is 11.1. The summed E-state index contributed by atoms with van der Waals surface area (Å²) in [6.45, 7) is 0. The molecule has 0 fully saturated rings. The molecule has 7 heteroatoms. The second kappa shape index (κ2) is 6.97. The number of rotatable bonds is 2. The highest BCUT2D eigenvalue weighted by Gasteiger charge is 2.32. The van der Waals surface area contributed by atoms with Crippen LogP contribution in [0.1, 0.15) is 5.56 Å². The fraction of sp³-hybridized carbons (Fsp3) is 0.0588. The van der Waals surface area contributed by atoms with E-state index in [2.05, 4.69) is 4.99 Å². The lowest BCUT2D eigenvalue weighted by Gasteiger charge is -2.17. The topological polar surface area (TPSA) is 32.7 Å². The maximum atomic E-state index is 14.1. The van der Waals surface area contributed by atoms with Crippen molar-refractivity contribution in [3.05, 3.63) is 69.6 Å². The predicted octanol–water partition coefficient (Wildman–Crippen LogP) is 5.24. The molecule has 0 aliphatic carbocycles. The quantitative estimate of drug-likeness (QED) is 0.667. The van der Waals surface area contributed by atoms with Gasteiger partial charge >= 0.3 is 0 Å². The lowest BCUT2D eigenvalue weighted by molar-refractivity contribution is -0.113. The van der Waals surface area contributed by atoms with Crippen molar-refractivity contribution >= 4 is 57.8 Å². The summed E-state index contributed by atoms with van der Waals surface area (Å²) in [7, 11) is 0. The SMILES string of the molecule is CSC1=N/C(=C/c2ccc(Cl)c(Cl)c2)C(=O)N1c1ccccc1F. The molecule has 24 heavy (non-hydrogen) atoms. The van der Waals surface area contributed by atoms with Crippen LogP contribution in [0.3, 0.4) is 0 Å². The molecule has 1 heterocycles. The van der Waals surface area contributed by atoms with Crippen LogP contribution in [0.15, 0.2) is 53.2 Å². The number of hydrogen-bond acceptors (Lipinski definition) is 3. The Hall–Kier alpha value is -1.82. The number of carbonyl (C=O) groups excluding carboxylic acids is 1. The molecule has 0 aromatic heterocycles. The standard InChI is InChI=1S/C17H11Cl2FN2OS/c1-24-17-21-14(9-10-6-7-11(18)12(19)8-10)16(23)22(17)15-5-3-2-4-13(15)20/h2-9H,1H3/b14-9+. The first-order valence-corrected chi connectivity index (χ1v) is 8.87. The molecular weight excluding hydrogens is 370 g/mol. The number of anilines is 1. The first-order chi connectivity index (χ1) is 11.5. The number of hydrogen-bond donors (Lipinski definition) is 0. The average molecular weight is 381 g/mol. The highest BCUT2D eigenvalue weighted by atomic mass is 35.5.